The summed E-state index contributed by atoms with van der Waals surface area (Å²) in [5, 5.41) is 2.41. The number of benzene rings is 1. The third-order valence-electron chi connectivity index (χ3n) is 3.37. The van der Waals surface area contributed by atoms with Crippen molar-refractivity contribution in [3.63, 3.8) is 0 Å². The Bertz CT molecular complexity index is 821. The minimum absolute atomic E-state index is 0.0423. The van der Waals surface area contributed by atoms with Gasteiger partial charge in [-0.3, -0.25) is 25.2 Å². The van der Waals surface area contributed by atoms with E-state index in [4.69, 9.17) is 0 Å². The first-order valence-corrected chi connectivity index (χ1v) is 8.70. The number of nitrogens with one attached hydrogen (secondary N) is 3. The molecule has 3 amide bonds. The second kappa shape index (κ2) is 7.15. The molecule has 1 fully saturated rings. The second-order valence-corrected chi connectivity index (χ2v) is 7.74. The number of amides is 3. The summed E-state index contributed by atoms with van der Waals surface area (Å²) in [6.07, 6.45) is 1.56. The Morgan fingerprint density at radius 1 is 1.12 bits per heavy atom. The minimum Gasteiger partial charge on any atom is -0.345 e. The molecule has 1 aliphatic rings. The van der Waals surface area contributed by atoms with Crippen LogP contribution >= 0.6 is 0 Å². The number of hydrogen-bond donors (Lipinski definition) is 3. The summed E-state index contributed by atoms with van der Waals surface area (Å²) < 4.78 is 38.8. The van der Waals surface area contributed by atoms with Crippen LogP contribution in [0.1, 0.15) is 23.2 Å². The molecule has 1 aromatic carbocycles. The molecule has 11 heteroatoms. The second-order valence-electron chi connectivity index (χ2n) is 5.59. The Balaban J connectivity index is 2.08. The van der Waals surface area contributed by atoms with Gasteiger partial charge in [0.2, 0.25) is 10.0 Å². The number of hydrogen-bond acceptors (Lipinski definition) is 5. The van der Waals surface area contributed by atoms with Crippen LogP contribution in [0.4, 0.5) is 4.39 Å². The summed E-state index contributed by atoms with van der Waals surface area (Å²) in [6.45, 7) is 0. The molecule has 136 valence electrons. The van der Waals surface area contributed by atoms with Crippen molar-refractivity contribution in [3.8, 4) is 0 Å². The van der Waals surface area contributed by atoms with E-state index in [2.05, 4.69) is 5.32 Å². The fourth-order valence-corrected chi connectivity index (χ4v) is 2.69. The Labute approximate surface area is 143 Å². The zero-order chi connectivity index (χ0) is 18.8. The van der Waals surface area contributed by atoms with Gasteiger partial charge >= 0.3 is 11.8 Å². The third-order valence-corrected chi connectivity index (χ3v) is 5.18. The Morgan fingerprint density at radius 2 is 1.76 bits per heavy atom. The highest BCUT2D eigenvalue weighted by molar-refractivity contribution is 7.89. The van der Waals surface area contributed by atoms with Gasteiger partial charge in [-0.15, -0.1) is 0 Å². The van der Waals surface area contributed by atoms with Crippen molar-refractivity contribution in [3.05, 3.63) is 29.6 Å². The van der Waals surface area contributed by atoms with E-state index >= 15 is 0 Å². The first-order chi connectivity index (χ1) is 11.6. The molecule has 0 saturated heterocycles. The van der Waals surface area contributed by atoms with Crippen LogP contribution in [0.3, 0.4) is 0 Å². The normalized spacial score (nSPS) is 14.1. The molecule has 1 saturated carbocycles. The zero-order valence-electron chi connectivity index (χ0n) is 13.5. The average molecular weight is 372 g/mol. The molecular weight excluding hydrogens is 355 g/mol. The zero-order valence-corrected chi connectivity index (χ0v) is 14.3. The van der Waals surface area contributed by atoms with E-state index in [1.807, 2.05) is 10.9 Å². The molecule has 1 aromatic rings. The molecule has 25 heavy (non-hydrogen) atoms. The van der Waals surface area contributed by atoms with Crippen molar-refractivity contribution in [2.45, 2.75) is 23.8 Å². The van der Waals surface area contributed by atoms with Gasteiger partial charge in [0.05, 0.1) is 10.5 Å². The summed E-state index contributed by atoms with van der Waals surface area (Å²) in [7, 11) is -1.29. The number of rotatable bonds is 4. The highest BCUT2D eigenvalue weighted by Gasteiger charge is 2.27. The van der Waals surface area contributed by atoms with E-state index in [1.54, 1.807) is 0 Å². The number of hydrazine groups is 1. The van der Waals surface area contributed by atoms with Crippen LogP contribution in [0.15, 0.2) is 23.1 Å². The molecule has 0 unspecified atom stereocenters. The summed E-state index contributed by atoms with van der Waals surface area (Å²) in [5.74, 6) is -4.11. The van der Waals surface area contributed by atoms with Crippen molar-refractivity contribution >= 4 is 27.7 Å². The van der Waals surface area contributed by atoms with Crippen molar-refractivity contribution in [2.75, 3.05) is 14.1 Å². The van der Waals surface area contributed by atoms with Gasteiger partial charge < -0.3 is 5.32 Å². The molecule has 0 aromatic heterocycles. The summed E-state index contributed by atoms with van der Waals surface area (Å²) in [5.41, 5.74) is 3.13. The van der Waals surface area contributed by atoms with Crippen LogP contribution in [-0.4, -0.2) is 50.6 Å². The van der Waals surface area contributed by atoms with E-state index in [0.29, 0.717) is 0 Å². The van der Waals surface area contributed by atoms with Gasteiger partial charge in [0.15, 0.2) is 0 Å². The van der Waals surface area contributed by atoms with Crippen LogP contribution in [0.25, 0.3) is 0 Å². The molecule has 0 spiro atoms. The van der Waals surface area contributed by atoms with Gasteiger partial charge in [-0.25, -0.2) is 17.1 Å². The number of halogens is 1. The molecule has 2 rings (SSSR count). The molecule has 0 radical (unpaired) electrons. The van der Waals surface area contributed by atoms with Crippen LogP contribution in [-0.2, 0) is 19.6 Å². The highest BCUT2D eigenvalue weighted by Crippen LogP contribution is 2.18. The molecule has 3 N–H and O–H groups in total. The van der Waals surface area contributed by atoms with E-state index in [9.17, 15) is 27.2 Å². The molecule has 0 aliphatic heterocycles. The molecule has 1 aliphatic carbocycles. The van der Waals surface area contributed by atoms with Crippen molar-refractivity contribution in [1.82, 2.24) is 20.5 Å². The number of nitrogens with zero attached hydrogens (tertiary/aromatic N) is 1. The lowest BCUT2D eigenvalue weighted by Crippen LogP contribution is -2.49. The van der Waals surface area contributed by atoms with Crippen LogP contribution < -0.4 is 16.2 Å². The fraction of sp³-hybridized carbons (Fsp3) is 0.357. The van der Waals surface area contributed by atoms with Crippen molar-refractivity contribution < 1.29 is 27.2 Å². The number of sulfonamides is 1. The van der Waals surface area contributed by atoms with Crippen molar-refractivity contribution in [2.24, 2.45) is 0 Å². The molecule has 0 atom stereocenters. The first-order valence-electron chi connectivity index (χ1n) is 7.26. The van der Waals surface area contributed by atoms with Gasteiger partial charge in [-0.1, -0.05) is 0 Å². The number of carbonyl (C=O) groups excluding carboxylic acids is 3. The predicted octanol–water partition coefficient (Wildman–Crippen LogP) is -0.884. The smallest absolute Gasteiger partial charge is 0.327 e. The van der Waals surface area contributed by atoms with Gasteiger partial charge in [0.25, 0.3) is 5.91 Å². The Kier molecular flexibility index (Phi) is 5.38. The SMILES string of the molecule is CN(C)S(=O)(=O)c1ccc(F)c(C(=O)NNC(=O)C(=O)NC2CC2)c1. The maximum Gasteiger partial charge on any atom is 0.327 e. The topological polar surface area (TPSA) is 125 Å². The van der Waals surface area contributed by atoms with Gasteiger partial charge in [-0.05, 0) is 31.0 Å². The quantitative estimate of drug-likeness (QED) is 0.467. The van der Waals surface area contributed by atoms with Crippen LogP contribution in [0.2, 0.25) is 0 Å². The van der Waals surface area contributed by atoms with Crippen LogP contribution in [0.5, 0.6) is 0 Å². The average Bonchev–Trinajstić information content (AvgIpc) is 3.36. The van der Waals surface area contributed by atoms with E-state index in [1.165, 1.54) is 14.1 Å². The van der Waals surface area contributed by atoms with Gasteiger partial charge in [0.1, 0.15) is 5.82 Å². The lowest BCUT2D eigenvalue weighted by Gasteiger charge is -2.13. The van der Waals surface area contributed by atoms with Crippen LogP contribution in [0, 0.1) is 5.82 Å². The van der Waals surface area contributed by atoms with Crippen molar-refractivity contribution in [1.29, 1.82) is 0 Å². The first kappa shape index (κ1) is 18.8. The van der Waals surface area contributed by atoms with Gasteiger partial charge in [-0.2, -0.15) is 0 Å². The summed E-state index contributed by atoms with van der Waals surface area (Å²) in [4.78, 5) is 34.6. The molecule has 0 heterocycles. The summed E-state index contributed by atoms with van der Waals surface area (Å²) >= 11 is 0. The monoisotopic (exact) mass is 372 g/mol. The molecule has 9 nitrogen and oxygen atoms in total. The molecular formula is C14H17FN4O5S. The standard InChI is InChI=1S/C14H17FN4O5S/c1-19(2)25(23,24)9-5-6-11(15)10(7-9)12(20)17-18-14(22)13(21)16-8-3-4-8/h5-8H,3-4H2,1-2H3,(H,16,21)(H,17,20)(H,18,22). The lowest BCUT2D eigenvalue weighted by atomic mass is 10.2. The molecule has 0 bridgehead atoms. The largest absolute Gasteiger partial charge is 0.345 e. The highest BCUT2D eigenvalue weighted by atomic mass is 32.2. The minimum atomic E-state index is -3.87. The Hall–Kier alpha value is -2.53. The lowest BCUT2D eigenvalue weighted by molar-refractivity contribution is -0.139. The van der Waals surface area contributed by atoms with E-state index < -0.39 is 39.1 Å². The maximum absolute atomic E-state index is 13.8. The third kappa shape index (κ3) is 4.51. The number of carbonyl (C=O) groups is 3. The summed E-state index contributed by atoms with van der Waals surface area (Å²) in [6, 6.07) is 2.64. The fourth-order valence-electron chi connectivity index (χ4n) is 1.77. The predicted molar refractivity (Wildman–Crippen MR) is 84.0 cm³/mol. The van der Waals surface area contributed by atoms with E-state index in [0.717, 1.165) is 35.3 Å². The maximum atomic E-state index is 13.8. The van der Waals surface area contributed by atoms with Gasteiger partial charge in [0, 0.05) is 20.1 Å². The van der Waals surface area contributed by atoms with E-state index in [-0.39, 0.29) is 10.9 Å². The Morgan fingerprint density at radius 3 is 2.32 bits per heavy atom.